The van der Waals surface area contributed by atoms with Crippen LogP contribution >= 0.6 is 27.5 Å². The molecular weight excluding hydrogens is 314 g/mol. The van der Waals surface area contributed by atoms with E-state index in [1.165, 1.54) is 0 Å². The summed E-state index contributed by atoms with van der Waals surface area (Å²) in [6, 6.07) is 8.11. The van der Waals surface area contributed by atoms with E-state index >= 15 is 0 Å². The molecule has 2 rings (SSSR count). The summed E-state index contributed by atoms with van der Waals surface area (Å²) >= 11 is 9.77. The molecular formula is C14H15BrClNO. The molecule has 0 aliphatic rings. The minimum Gasteiger partial charge on any atom is -0.472 e. The van der Waals surface area contributed by atoms with Gasteiger partial charge in [-0.1, -0.05) is 34.5 Å². The normalized spacial score (nSPS) is 12.6. The van der Waals surface area contributed by atoms with Gasteiger partial charge in [-0.2, -0.15) is 0 Å². The molecule has 0 aliphatic heterocycles. The minimum absolute atomic E-state index is 0.192. The van der Waals surface area contributed by atoms with Crippen molar-refractivity contribution < 1.29 is 4.42 Å². The van der Waals surface area contributed by atoms with Gasteiger partial charge in [-0.05, 0) is 48.4 Å². The average Bonchev–Trinajstić information content (AvgIpc) is 2.85. The van der Waals surface area contributed by atoms with E-state index in [9.17, 15) is 0 Å². The molecule has 0 aliphatic carbocycles. The second kappa shape index (κ2) is 6.41. The van der Waals surface area contributed by atoms with E-state index in [1.54, 1.807) is 12.5 Å². The Labute approximate surface area is 120 Å². The first kappa shape index (κ1) is 13.7. The van der Waals surface area contributed by atoms with E-state index in [4.69, 9.17) is 16.0 Å². The van der Waals surface area contributed by atoms with Crippen molar-refractivity contribution in [2.45, 2.75) is 19.4 Å². The van der Waals surface area contributed by atoms with Crippen LogP contribution in [0.25, 0.3) is 0 Å². The van der Waals surface area contributed by atoms with Crippen LogP contribution < -0.4 is 5.32 Å². The molecule has 0 fully saturated rings. The third kappa shape index (κ3) is 3.37. The molecule has 1 N–H and O–H groups in total. The lowest BCUT2D eigenvalue weighted by Crippen LogP contribution is -2.23. The number of nitrogens with one attached hydrogen (secondary N) is 1. The highest BCUT2D eigenvalue weighted by atomic mass is 79.9. The summed E-state index contributed by atoms with van der Waals surface area (Å²) in [5.74, 6) is 0. The highest BCUT2D eigenvalue weighted by Gasteiger charge is 2.15. The zero-order valence-corrected chi connectivity index (χ0v) is 12.5. The first-order chi connectivity index (χ1) is 8.70. The van der Waals surface area contributed by atoms with Crippen LogP contribution in [0, 0.1) is 0 Å². The zero-order chi connectivity index (χ0) is 13.0. The first-order valence-corrected chi connectivity index (χ1v) is 7.07. The lowest BCUT2D eigenvalue weighted by Gasteiger charge is -2.19. The molecule has 96 valence electrons. The topological polar surface area (TPSA) is 25.2 Å². The second-order valence-electron chi connectivity index (χ2n) is 4.11. The number of hydrogen-bond acceptors (Lipinski definition) is 2. The van der Waals surface area contributed by atoms with Crippen LogP contribution in [-0.2, 0) is 6.42 Å². The summed E-state index contributed by atoms with van der Waals surface area (Å²) in [5.41, 5.74) is 2.27. The van der Waals surface area contributed by atoms with Gasteiger partial charge in [0.25, 0.3) is 0 Å². The van der Waals surface area contributed by atoms with Gasteiger partial charge >= 0.3 is 0 Å². The number of halogens is 2. The van der Waals surface area contributed by atoms with Crippen molar-refractivity contribution in [3.63, 3.8) is 0 Å². The predicted molar refractivity (Wildman–Crippen MR) is 78.0 cm³/mol. The monoisotopic (exact) mass is 327 g/mol. The molecule has 0 bridgehead atoms. The van der Waals surface area contributed by atoms with E-state index in [2.05, 4.69) is 34.2 Å². The molecule has 0 radical (unpaired) electrons. The SMILES string of the molecule is CCNC(Cc1ccoc1)c1cc(Br)ccc1Cl. The van der Waals surface area contributed by atoms with E-state index in [0.717, 1.165) is 33.6 Å². The Morgan fingerprint density at radius 1 is 1.39 bits per heavy atom. The molecule has 0 amide bonds. The zero-order valence-electron chi connectivity index (χ0n) is 10.1. The Bertz CT molecular complexity index is 499. The van der Waals surface area contributed by atoms with Crippen LogP contribution in [0.5, 0.6) is 0 Å². The van der Waals surface area contributed by atoms with Gasteiger partial charge in [0.1, 0.15) is 0 Å². The van der Waals surface area contributed by atoms with Crippen LogP contribution in [-0.4, -0.2) is 6.54 Å². The lowest BCUT2D eigenvalue weighted by atomic mass is 10.0. The average molecular weight is 329 g/mol. The van der Waals surface area contributed by atoms with Crippen LogP contribution in [0.1, 0.15) is 24.1 Å². The Kier molecular flexibility index (Phi) is 4.87. The molecule has 0 saturated carbocycles. The molecule has 2 nitrogen and oxygen atoms in total. The van der Waals surface area contributed by atoms with Crippen LogP contribution in [0.15, 0.2) is 45.7 Å². The van der Waals surface area contributed by atoms with Crippen molar-refractivity contribution in [2.75, 3.05) is 6.54 Å². The van der Waals surface area contributed by atoms with Gasteiger partial charge in [-0.25, -0.2) is 0 Å². The van der Waals surface area contributed by atoms with Gasteiger partial charge in [0.2, 0.25) is 0 Å². The summed E-state index contributed by atoms with van der Waals surface area (Å²) in [6.45, 7) is 2.99. The van der Waals surface area contributed by atoms with E-state index < -0.39 is 0 Å². The van der Waals surface area contributed by atoms with Crippen molar-refractivity contribution in [1.29, 1.82) is 0 Å². The standard InChI is InChI=1S/C14H15BrClNO/c1-2-17-14(7-10-5-6-18-9-10)12-8-11(15)3-4-13(12)16/h3-6,8-9,14,17H,2,7H2,1H3. The van der Waals surface area contributed by atoms with Crippen LogP contribution in [0.2, 0.25) is 5.02 Å². The molecule has 1 heterocycles. The van der Waals surface area contributed by atoms with Crippen molar-refractivity contribution in [3.8, 4) is 0 Å². The third-order valence-electron chi connectivity index (χ3n) is 2.80. The smallest absolute Gasteiger partial charge is 0.0935 e. The predicted octanol–water partition coefficient (Wildman–Crippen LogP) is 4.59. The Morgan fingerprint density at radius 2 is 2.22 bits per heavy atom. The van der Waals surface area contributed by atoms with Gasteiger partial charge in [0.15, 0.2) is 0 Å². The lowest BCUT2D eigenvalue weighted by molar-refractivity contribution is 0.535. The molecule has 1 aromatic carbocycles. The maximum Gasteiger partial charge on any atom is 0.0935 e. The van der Waals surface area contributed by atoms with Crippen LogP contribution in [0.3, 0.4) is 0 Å². The summed E-state index contributed by atoms with van der Waals surface area (Å²) < 4.78 is 6.15. The number of furan rings is 1. The molecule has 0 spiro atoms. The van der Waals surface area contributed by atoms with Crippen LogP contribution in [0.4, 0.5) is 0 Å². The van der Waals surface area contributed by atoms with Gasteiger partial charge in [-0.15, -0.1) is 0 Å². The third-order valence-corrected chi connectivity index (χ3v) is 3.64. The summed E-state index contributed by atoms with van der Waals surface area (Å²) in [5, 5.41) is 4.24. The second-order valence-corrected chi connectivity index (χ2v) is 5.43. The fourth-order valence-corrected chi connectivity index (χ4v) is 2.59. The molecule has 18 heavy (non-hydrogen) atoms. The first-order valence-electron chi connectivity index (χ1n) is 5.90. The van der Waals surface area contributed by atoms with Crippen molar-refractivity contribution in [1.82, 2.24) is 5.32 Å². The summed E-state index contributed by atoms with van der Waals surface area (Å²) in [7, 11) is 0. The molecule has 0 saturated heterocycles. The van der Waals surface area contributed by atoms with Crippen molar-refractivity contribution >= 4 is 27.5 Å². The molecule has 1 aromatic heterocycles. The largest absolute Gasteiger partial charge is 0.472 e. The van der Waals surface area contributed by atoms with Gasteiger partial charge in [0.05, 0.1) is 12.5 Å². The molecule has 4 heteroatoms. The van der Waals surface area contributed by atoms with Crippen molar-refractivity contribution in [2.24, 2.45) is 0 Å². The fourth-order valence-electron chi connectivity index (χ4n) is 1.96. The van der Waals surface area contributed by atoms with Gasteiger partial charge in [-0.3, -0.25) is 0 Å². The molecule has 1 atom stereocenters. The maximum absolute atomic E-state index is 6.28. The van der Waals surface area contributed by atoms with Gasteiger partial charge < -0.3 is 9.73 Å². The number of likely N-dealkylation sites (N-methyl/N-ethyl adjacent to an activating group) is 1. The molecule has 2 aromatic rings. The van der Waals surface area contributed by atoms with Gasteiger partial charge in [0, 0.05) is 15.5 Å². The summed E-state index contributed by atoms with van der Waals surface area (Å²) in [4.78, 5) is 0. The highest BCUT2D eigenvalue weighted by Crippen LogP contribution is 2.28. The number of benzene rings is 1. The number of rotatable bonds is 5. The Hall–Kier alpha value is -0.770. The molecule has 1 unspecified atom stereocenters. The van der Waals surface area contributed by atoms with E-state index in [0.29, 0.717) is 0 Å². The number of hydrogen-bond donors (Lipinski definition) is 1. The van der Waals surface area contributed by atoms with E-state index in [-0.39, 0.29) is 6.04 Å². The van der Waals surface area contributed by atoms with E-state index in [1.807, 2.05) is 18.2 Å². The Balaban J connectivity index is 2.26. The van der Waals surface area contributed by atoms with Crippen molar-refractivity contribution in [3.05, 3.63) is 57.4 Å². The summed E-state index contributed by atoms with van der Waals surface area (Å²) in [6.07, 6.45) is 4.33. The Morgan fingerprint density at radius 3 is 2.89 bits per heavy atom. The highest BCUT2D eigenvalue weighted by molar-refractivity contribution is 9.10. The quantitative estimate of drug-likeness (QED) is 0.868. The minimum atomic E-state index is 0.192. The maximum atomic E-state index is 6.28. The fraction of sp³-hybridized carbons (Fsp3) is 0.286.